The van der Waals surface area contributed by atoms with Gasteiger partial charge in [0.15, 0.2) is 0 Å². The van der Waals surface area contributed by atoms with Crippen molar-refractivity contribution in [1.29, 1.82) is 0 Å². The first-order valence-electron chi connectivity index (χ1n) is 6.94. The van der Waals surface area contributed by atoms with Crippen molar-refractivity contribution >= 4 is 28.1 Å². The smallest absolute Gasteiger partial charge is 0.131 e. The molecule has 0 radical (unpaired) electrons. The van der Waals surface area contributed by atoms with Crippen molar-refractivity contribution in [2.75, 3.05) is 0 Å². The summed E-state index contributed by atoms with van der Waals surface area (Å²) in [6.45, 7) is 1.77. The largest absolute Gasteiger partial charge is 0.508 e. The lowest BCUT2D eigenvalue weighted by atomic mass is 9.96. The van der Waals surface area contributed by atoms with Crippen LogP contribution in [-0.4, -0.2) is 5.11 Å². The fraction of sp³-hybridized carbons (Fsp3) is 0.0526. The Labute approximate surface area is 133 Å². The first kappa shape index (κ1) is 14.6. The number of allylic oxidation sites excluding steroid dienone is 1. The minimum Gasteiger partial charge on any atom is -0.508 e. The fourth-order valence-corrected chi connectivity index (χ4v) is 2.71. The second-order valence-corrected chi connectivity index (χ2v) is 5.48. The maximum atomic E-state index is 14.2. The van der Waals surface area contributed by atoms with E-state index in [1.54, 1.807) is 19.1 Å². The van der Waals surface area contributed by atoms with Crippen LogP contribution in [0.4, 0.5) is 4.39 Å². The van der Waals surface area contributed by atoms with Crippen LogP contribution in [0, 0.1) is 5.82 Å². The first-order valence-corrected chi connectivity index (χ1v) is 7.32. The van der Waals surface area contributed by atoms with Crippen LogP contribution in [0.25, 0.3) is 27.7 Å². The minimum absolute atomic E-state index is 0.197. The Morgan fingerprint density at radius 1 is 1.05 bits per heavy atom. The predicted molar refractivity (Wildman–Crippen MR) is 90.6 cm³/mol. The molecule has 22 heavy (non-hydrogen) atoms. The van der Waals surface area contributed by atoms with Crippen LogP contribution < -0.4 is 0 Å². The Hall–Kier alpha value is -2.32. The quantitative estimate of drug-likeness (QED) is 0.557. The number of hydrogen-bond donors (Lipinski definition) is 1. The van der Waals surface area contributed by atoms with Crippen LogP contribution in [0.3, 0.4) is 0 Å². The van der Waals surface area contributed by atoms with Gasteiger partial charge in [-0.25, -0.2) is 4.39 Å². The van der Waals surface area contributed by atoms with Gasteiger partial charge in [-0.3, -0.25) is 0 Å². The van der Waals surface area contributed by atoms with Crippen molar-refractivity contribution < 1.29 is 9.50 Å². The maximum absolute atomic E-state index is 14.2. The van der Waals surface area contributed by atoms with E-state index >= 15 is 0 Å². The second kappa shape index (κ2) is 5.82. The predicted octanol–water partition coefficient (Wildman–Crippen LogP) is 6.22. The Morgan fingerprint density at radius 2 is 1.86 bits per heavy atom. The Morgan fingerprint density at radius 3 is 2.64 bits per heavy atom. The molecule has 110 valence electrons. The summed E-state index contributed by atoms with van der Waals surface area (Å²) in [5.41, 5.74) is 1.91. The average molecular weight is 313 g/mol. The molecule has 3 heteroatoms. The van der Waals surface area contributed by atoms with Gasteiger partial charge in [-0.2, -0.15) is 0 Å². The summed E-state index contributed by atoms with van der Waals surface area (Å²) in [7, 11) is 0. The summed E-state index contributed by atoms with van der Waals surface area (Å²) in [5, 5.41) is 12.2. The molecule has 0 aromatic heterocycles. The topological polar surface area (TPSA) is 20.2 Å². The normalized spacial score (nSPS) is 11.9. The lowest BCUT2D eigenvalue weighted by molar-refractivity contribution is 0.511. The van der Waals surface area contributed by atoms with E-state index in [2.05, 4.69) is 0 Å². The molecule has 0 fully saturated rings. The average Bonchev–Trinajstić information content (AvgIpc) is 2.55. The van der Waals surface area contributed by atoms with E-state index in [-0.39, 0.29) is 11.6 Å². The van der Waals surface area contributed by atoms with Gasteiger partial charge in [0, 0.05) is 16.1 Å². The highest BCUT2D eigenvalue weighted by molar-refractivity contribution is 6.30. The van der Waals surface area contributed by atoms with Gasteiger partial charge in [0.05, 0.1) is 0 Å². The van der Waals surface area contributed by atoms with Gasteiger partial charge in [-0.15, -0.1) is 0 Å². The van der Waals surface area contributed by atoms with Crippen LogP contribution in [0.5, 0.6) is 0 Å². The van der Waals surface area contributed by atoms with Crippen LogP contribution in [0.2, 0.25) is 5.02 Å². The highest BCUT2D eigenvalue weighted by Gasteiger charge is 2.10. The van der Waals surface area contributed by atoms with E-state index in [1.807, 2.05) is 36.4 Å². The molecule has 0 saturated carbocycles. The monoisotopic (exact) mass is 312 g/mol. The molecule has 3 aromatic carbocycles. The van der Waals surface area contributed by atoms with Crippen molar-refractivity contribution in [1.82, 2.24) is 0 Å². The molecule has 0 unspecified atom stereocenters. The maximum Gasteiger partial charge on any atom is 0.131 e. The Kier molecular flexibility index (Phi) is 3.86. The number of fused-ring (bicyclic) bond motifs is 1. The zero-order valence-electron chi connectivity index (χ0n) is 12.0. The lowest BCUT2D eigenvalue weighted by Crippen LogP contribution is -1.88. The number of halogens is 2. The standard InChI is InChI=1S/C19H14ClFO/c1-2-19(22)13-7-6-12-4-3-5-15(16(12)10-13)17-11-14(20)8-9-18(17)21/h2-11,22H,1H3. The third kappa shape index (κ3) is 2.58. The van der Waals surface area contributed by atoms with E-state index in [0.717, 1.165) is 16.3 Å². The molecule has 0 spiro atoms. The van der Waals surface area contributed by atoms with Crippen molar-refractivity contribution in [2.45, 2.75) is 6.92 Å². The summed E-state index contributed by atoms with van der Waals surface area (Å²) in [6.07, 6.45) is 1.63. The number of aliphatic hydroxyl groups is 1. The van der Waals surface area contributed by atoms with E-state index in [0.29, 0.717) is 16.1 Å². The molecule has 0 aliphatic rings. The molecule has 1 N–H and O–H groups in total. The number of aliphatic hydroxyl groups excluding tert-OH is 1. The van der Waals surface area contributed by atoms with E-state index in [4.69, 9.17) is 11.6 Å². The zero-order chi connectivity index (χ0) is 15.7. The second-order valence-electron chi connectivity index (χ2n) is 5.04. The van der Waals surface area contributed by atoms with Crippen molar-refractivity contribution in [3.8, 4) is 11.1 Å². The molecule has 0 saturated heterocycles. The van der Waals surface area contributed by atoms with Crippen molar-refractivity contribution in [2.24, 2.45) is 0 Å². The third-order valence-electron chi connectivity index (χ3n) is 3.67. The van der Waals surface area contributed by atoms with Gasteiger partial charge < -0.3 is 5.11 Å². The summed E-state index contributed by atoms with van der Waals surface area (Å²) < 4.78 is 14.2. The molecule has 0 bridgehead atoms. The van der Waals surface area contributed by atoms with Crippen molar-refractivity contribution in [3.63, 3.8) is 0 Å². The molecule has 0 heterocycles. The lowest BCUT2D eigenvalue weighted by Gasteiger charge is -2.10. The van der Waals surface area contributed by atoms with Gasteiger partial charge in [0.25, 0.3) is 0 Å². The number of hydrogen-bond acceptors (Lipinski definition) is 1. The van der Waals surface area contributed by atoms with E-state index in [9.17, 15) is 9.50 Å². The van der Waals surface area contributed by atoms with Crippen LogP contribution >= 0.6 is 11.6 Å². The third-order valence-corrected chi connectivity index (χ3v) is 3.91. The van der Waals surface area contributed by atoms with Crippen LogP contribution in [0.1, 0.15) is 12.5 Å². The molecule has 3 aromatic rings. The fourth-order valence-electron chi connectivity index (χ4n) is 2.54. The molecular formula is C19H14ClFO. The molecule has 0 atom stereocenters. The molecule has 0 amide bonds. The van der Waals surface area contributed by atoms with E-state index < -0.39 is 0 Å². The molecule has 0 aliphatic heterocycles. The Balaban J connectivity index is 2.31. The van der Waals surface area contributed by atoms with Crippen LogP contribution in [0.15, 0.2) is 60.7 Å². The molecule has 1 nitrogen and oxygen atoms in total. The highest BCUT2D eigenvalue weighted by atomic mass is 35.5. The van der Waals surface area contributed by atoms with Gasteiger partial charge in [-0.05, 0) is 53.6 Å². The van der Waals surface area contributed by atoms with Crippen LogP contribution in [-0.2, 0) is 0 Å². The van der Waals surface area contributed by atoms with Gasteiger partial charge >= 0.3 is 0 Å². The molecular weight excluding hydrogens is 299 g/mol. The highest BCUT2D eigenvalue weighted by Crippen LogP contribution is 2.33. The summed E-state index contributed by atoms with van der Waals surface area (Å²) in [4.78, 5) is 0. The van der Waals surface area contributed by atoms with Gasteiger partial charge in [-0.1, -0.05) is 41.9 Å². The van der Waals surface area contributed by atoms with E-state index in [1.165, 1.54) is 12.1 Å². The Bertz CT molecular complexity index is 884. The number of benzene rings is 3. The van der Waals surface area contributed by atoms with Crippen molar-refractivity contribution in [3.05, 3.63) is 77.1 Å². The minimum atomic E-state index is -0.322. The summed E-state index contributed by atoms with van der Waals surface area (Å²) in [5.74, 6) is -0.124. The summed E-state index contributed by atoms with van der Waals surface area (Å²) in [6, 6.07) is 15.8. The van der Waals surface area contributed by atoms with Gasteiger partial charge in [0.2, 0.25) is 0 Å². The zero-order valence-corrected chi connectivity index (χ0v) is 12.7. The first-order chi connectivity index (χ1) is 10.6. The number of rotatable bonds is 2. The SMILES string of the molecule is CC=C(O)c1ccc2cccc(-c3cc(Cl)ccc3F)c2c1. The summed E-state index contributed by atoms with van der Waals surface area (Å²) >= 11 is 6.01. The van der Waals surface area contributed by atoms with Gasteiger partial charge in [0.1, 0.15) is 11.6 Å². The molecule has 3 rings (SSSR count). The molecule has 0 aliphatic carbocycles.